The molecule has 0 saturated heterocycles. The minimum absolute atomic E-state index is 0.129. The third kappa shape index (κ3) is 3.15. The minimum Gasteiger partial charge on any atom is -0.350 e. The van der Waals surface area contributed by atoms with Gasteiger partial charge in [0.05, 0.1) is 5.69 Å². The van der Waals surface area contributed by atoms with E-state index in [-0.39, 0.29) is 16.5 Å². The Labute approximate surface area is 122 Å². The van der Waals surface area contributed by atoms with Crippen LogP contribution < -0.4 is 5.32 Å². The highest BCUT2D eigenvalue weighted by atomic mass is 35.7. The summed E-state index contributed by atoms with van der Waals surface area (Å²) in [5.74, 6) is 0.443. The van der Waals surface area contributed by atoms with E-state index in [9.17, 15) is 13.2 Å². The Morgan fingerprint density at radius 3 is 2.60 bits per heavy atom. The normalized spacial score (nSPS) is 22.1. The Morgan fingerprint density at radius 1 is 1.55 bits per heavy atom. The number of hydrogen-bond donors (Lipinski definition) is 2. The van der Waals surface area contributed by atoms with Gasteiger partial charge in [-0.25, -0.2) is 8.42 Å². The molecule has 0 aliphatic heterocycles. The number of halogens is 1. The molecule has 20 heavy (non-hydrogen) atoms. The summed E-state index contributed by atoms with van der Waals surface area (Å²) in [6.45, 7) is 6.24. The largest absolute Gasteiger partial charge is 0.350 e. The van der Waals surface area contributed by atoms with Gasteiger partial charge in [0.2, 0.25) is 0 Å². The smallest absolute Gasteiger partial charge is 0.273 e. The molecule has 1 fully saturated rings. The standard InChI is InChI=1S/C12H18ClN3O3S/c1-6(2)9-11(20(13,18)19)10(16-15-9)12(17)14-5-8-4-7(8)3/h6-8H,4-5H2,1-3H3,(H,14,17)(H,15,16). The van der Waals surface area contributed by atoms with Gasteiger partial charge >= 0.3 is 0 Å². The van der Waals surface area contributed by atoms with Gasteiger partial charge in [-0.05, 0) is 24.2 Å². The predicted octanol–water partition coefficient (Wildman–Crippen LogP) is 1.85. The summed E-state index contributed by atoms with van der Waals surface area (Å²) in [5.41, 5.74) is 0.196. The lowest BCUT2D eigenvalue weighted by Gasteiger charge is -2.06. The molecular weight excluding hydrogens is 302 g/mol. The zero-order valence-corrected chi connectivity index (χ0v) is 13.2. The summed E-state index contributed by atoms with van der Waals surface area (Å²) in [5, 5.41) is 9.13. The average molecular weight is 320 g/mol. The molecule has 1 heterocycles. The van der Waals surface area contributed by atoms with Crippen LogP contribution >= 0.6 is 10.7 Å². The van der Waals surface area contributed by atoms with E-state index in [1.807, 2.05) is 0 Å². The lowest BCUT2D eigenvalue weighted by Crippen LogP contribution is -2.27. The highest BCUT2D eigenvalue weighted by Gasteiger charge is 2.34. The quantitative estimate of drug-likeness (QED) is 0.810. The van der Waals surface area contributed by atoms with Crippen LogP contribution in [-0.2, 0) is 9.05 Å². The Bertz CT molecular complexity index is 624. The number of carbonyl (C=O) groups is 1. The van der Waals surface area contributed by atoms with Gasteiger partial charge in [0, 0.05) is 17.2 Å². The molecule has 8 heteroatoms. The fourth-order valence-corrected chi connectivity index (χ4v) is 3.51. The third-order valence-electron chi connectivity index (χ3n) is 3.59. The molecule has 6 nitrogen and oxygen atoms in total. The number of carbonyl (C=O) groups excluding carboxylic acids is 1. The van der Waals surface area contributed by atoms with Crippen LogP contribution in [0.15, 0.2) is 4.90 Å². The maximum atomic E-state index is 12.1. The van der Waals surface area contributed by atoms with Gasteiger partial charge in [-0.15, -0.1) is 0 Å². The first kappa shape index (κ1) is 15.3. The van der Waals surface area contributed by atoms with E-state index < -0.39 is 15.0 Å². The second-order valence-electron chi connectivity index (χ2n) is 5.59. The van der Waals surface area contributed by atoms with Crippen molar-refractivity contribution in [2.75, 3.05) is 6.54 Å². The maximum absolute atomic E-state index is 12.1. The van der Waals surface area contributed by atoms with Crippen molar-refractivity contribution in [1.82, 2.24) is 15.5 Å². The number of aromatic nitrogens is 2. The van der Waals surface area contributed by atoms with E-state index in [0.29, 0.717) is 24.1 Å². The van der Waals surface area contributed by atoms with Gasteiger partial charge in [0.15, 0.2) is 5.69 Å². The molecule has 2 N–H and O–H groups in total. The van der Waals surface area contributed by atoms with Crippen molar-refractivity contribution in [3.63, 3.8) is 0 Å². The Balaban J connectivity index is 2.24. The predicted molar refractivity (Wildman–Crippen MR) is 75.3 cm³/mol. The van der Waals surface area contributed by atoms with Gasteiger partial charge in [0.25, 0.3) is 15.0 Å². The van der Waals surface area contributed by atoms with Crippen LogP contribution in [0, 0.1) is 11.8 Å². The first-order valence-electron chi connectivity index (χ1n) is 6.53. The summed E-state index contributed by atoms with van der Waals surface area (Å²) in [6.07, 6.45) is 1.08. The second-order valence-corrected chi connectivity index (χ2v) is 8.09. The first-order chi connectivity index (χ1) is 9.21. The second kappa shape index (κ2) is 5.37. The van der Waals surface area contributed by atoms with Gasteiger partial charge < -0.3 is 5.32 Å². The lowest BCUT2D eigenvalue weighted by molar-refractivity contribution is 0.0943. The van der Waals surface area contributed by atoms with E-state index in [1.54, 1.807) is 13.8 Å². The van der Waals surface area contributed by atoms with Crippen LogP contribution in [0.1, 0.15) is 49.3 Å². The number of hydrogen-bond acceptors (Lipinski definition) is 4. The third-order valence-corrected chi connectivity index (χ3v) is 4.95. The van der Waals surface area contributed by atoms with Crippen molar-refractivity contribution < 1.29 is 13.2 Å². The monoisotopic (exact) mass is 319 g/mol. The van der Waals surface area contributed by atoms with Crippen LogP contribution in [0.3, 0.4) is 0 Å². The molecular formula is C12H18ClN3O3S. The summed E-state index contributed by atoms with van der Waals surface area (Å²) in [7, 11) is 1.40. The van der Waals surface area contributed by atoms with Crippen LogP contribution in [0.2, 0.25) is 0 Å². The average Bonchev–Trinajstić information content (AvgIpc) is 2.87. The van der Waals surface area contributed by atoms with Crippen molar-refractivity contribution in [1.29, 1.82) is 0 Å². The van der Waals surface area contributed by atoms with E-state index in [1.165, 1.54) is 0 Å². The molecule has 0 spiro atoms. The maximum Gasteiger partial charge on any atom is 0.273 e. The zero-order chi connectivity index (χ0) is 15.1. The van der Waals surface area contributed by atoms with Crippen molar-refractivity contribution in [3.8, 4) is 0 Å². The number of H-pyrrole nitrogens is 1. The van der Waals surface area contributed by atoms with Gasteiger partial charge in [-0.1, -0.05) is 20.8 Å². The highest BCUT2D eigenvalue weighted by molar-refractivity contribution is 8.13. The van der Waals surface area contributed by atoms with Crippen LogP contribution in [0.4, 0.5) is 0 Å². The molecule has 0 aromatic carbocycles. The SMILES string of the molecule is CC(C)c1[nH]nc(C(=O)NCC2CC2C)c1S(=O)(=O)Cl. The molecule has 2 atom stereocenters. The summed E-state index contributed by atoms with van der Waals surface area (Å²) in [6, 6.07) is 0. The van der Waals surface area contributed by atoms with Gasteiger partial charge in [-0.2, -0.15) is 5.10 Å². The van der Waals surface area contributed by atoms with E-state index >= 15 is 0 Å². The summed E-state index contributed by atoms with van der Waals surface area (Å²) in [4.78, 5) is 11.9. The van der Waals surface area contributed by atoms with Gasteiger partial charge in [0.1, 0.15) is 4.90 Å². The Kier molecular flexibility index (Phi) is 4.11. The fourth-order valence-electron chi connectivity index (χ4n) is 2.13. The summed E-state index contributed by atoms with van der Waals surface area (Å²) < 4.78 is 23.3. The van der Waals surface area contributed by atoms with Crippen molar-refractivity contribution in [3.05, 3.63) is 11.4 Å². The van der Waals surface area contributed by atoms with Crippen molar-refractivity contribution >= 4 is 25.6 Å². The number of nitrogens with zero attached hydrogens (tertiary/aromatic N) is 1. The molecule has 1 aliphatic carbocycles. The fraction of sp³-hybridized carbons (Fsp3) is 0.667. The molecule has 1 amide bonds. The van der Waals surface area contributed by atoms with E-state index in [0.717, 1.165) is 6.42 Å². The molecule has 2 unspecified atom stereocenters. The number of rotatable bonds is 5. The lowest BCUT2D eigenvalue weighted by atomic mass is 10.1. The molecule has 0 bridgehead atoms. The van der Waals surface area contributed by atoms with Crippen LogP contribution in [0.25, 0.3) is 0 Å². The molecule has 1 saturated carbocycles. The Morgan fingerprint density at radius 2 is 2.15 bits per heavy atom. The molecule has 112 valence electrons. The zero-order valence-electron chi connectivity index (χ0n) is 11.6. The number of nitrogens with one attached hydrogen (secondary N) is 2. The molecule has 1 aliphatic rings. The topological polar surface area (TPSA) is 91.9 Å². The number of amides is 1. The minimum atomic E-state index is -4.03. The van der Waals surface area contributed by atoms with Crippen molar-refractivity contribution in [2.45, 2.75) is 38.0 Å². The molecule has 2 rings (SSSR count). The van der Waals surface area contributed by atoms with Crippen molar-refractivity contribution in [2.24, 2.45) is 11.8 Å². The van der Waals surface area contributed by atoms with Crippen LogP contribution in [0.5, 0.6) is 0 Å². The van der Waals surface area contributed by atoms with Gasteiger partial charge in [-0.3, -0.25) is 9.89 Å². The molecule has 1 aromatic rings. The molecule has 1 aromatic heterocycles. The highest BCUT2D eigenvalue weighted by Crippen LogP contribution is 2.37. The van der Waals surface area contributed by atoms with Crippen LogP contribution in [-0.4, -0.2) is 31.1 Å². The Hall–Kier alpha value is -1.08. The first-order valence-corrected chi connectivity index (χ1v) is 8.83. The molecule has 0 radical (unpaired) electrons. The summed E-state index contributed by atoms with van der Waals surface area (Å²) >= 11 is 0. The number of aromatic amines is 1. The van der Waals surface area contributed by atoms with E-state index in [4.69, 9.17) is 10.7 Å². The van der Waals surface area contributed by atoms with E-state index in [2.05, 4.69) is 22.4 Å².